The van der Waals surface area contributed by atoms with Crippen LogP contribution in [0.3, 0.4) is 0 Å². The third-order valence-electron chi connectivity index (χ3n) is 3.26. The molecule has 1 aromatic heterocycles. The molecule has 1 aromatic rings. The normalized spacial score (nSPS) is 12.5. The molecule has 0 bridgehead atoms. The Morgan fingerprint density at radius 3 is 2.42 bits per heavy atom. The molecular formula is C15H27N3O. The number of anilines is 1. The van der Waals surface area contributed by atoms with Crippen LogP contribution in [0.1, 0.15) is 63.2 Å². The highest BCUT2D eigenvalue weighted by atomic mass is 16.5. The Hall–Kier alpha value is -1.16. The van der Waals surface area contributed by atoms with Gasteiger partial charge in [0.05, 0.1) is 0 Å². The molecule has 1 N–H and O–H groups in total. The average molecular weight is 265 g/mol. The minimum absolute atomic E-state index is 0.00178. The fraction of sp³-hybridized carbons (Fsp3) is 0.733. The van der Waals surface area contributed by atoms with Crippen LogP contribution in [0.25, 0.3) is 0 Å². The van der Waals surface area contributed by atoms with E-state index >= 15 is 0 Å². The fourth-order valence-electron chi connectivity index (χ4n) is 2.10. The first-order chi connectivity index (χ1) is 9.17. The minimum Gasteiger partial charge on any atom is -0.373 e. The van der Waals surface area contributed by atoms with Gasteiger partial charge in [-0.2, -0.15) is 0 Å². The van der Waals surface area contributed by atoms with Crippen molar-refractivity contribution < 1.29 is 4.74 Å². The van der Waals surface area contributed by atoms with Gasteiger partial charge in [-0.3, -0.25) is 0 Å². The third-order valence-corrected chi connectivity index (χ3v) is 3.26. The molecule has 1 rings (SSSR count). The van der Waals surface area contributed by atoms with Gasteiger partial charge in [0.15, 0.2) is 5.82 Å². The Morgan fingerprint density at radius 1 is 1.16 bits per heavy atom. The van der Waals surface area contributed by atoms with Crippen LogP contribution in [0.5, 0.6) is 0 Å². The summed E-state index contributed by atoms with van der Waals surface area (Å²) in [7, 11) is 1.73. The lowest BCUT2D eigenvalue weighted by atomic mass is 10.1. The van der Waals surface area contributed by atoms with Crippen molar-refractivity contribution in [1.29, 1.82) is 0 Å². The highest BCUT2D eigenvalue weighted by Gasteiger charge is 2.17. The monoisotopic (exact) mass is 265 g/mol. The van der Waals surface area contributed by atoms with E-state index in [4.69, 9.17) is 4.74 Å². The number of nitrogens with zero attached hydrogens (tertiary/aromatic N) is 2. The van der Waals surface area contributed by atoms with Gasteiger partial charge in [-0.25, -0.2) is 9.97 Å². The smallest absolute Gasteiger partial charge is 0.159 e. The zero-order valence-electron chi connectivity index (χ0n) is 12.9. The fourth-order valence-corrected chi connectivity index (χ4v) is 2.10. The zero-order valence-corrected chi connectivity index (χ0v) is 12.9. The standard InChI is InChI=1S/C15H27N3O/c1-6-9-13(19-5)15-17-12(8-3)11(4)14(18-15)16-10-7-2/h13H,6-10H2,1-5H3,(H,16,17,18). The van der Waals surface area contributed by atoms with Gasteiger partial charge in [-0.15, -0.1) is 0 Å². The Labute approximate surface area is 117 Å². The molecular weight excluding hydrogens is 238 g/mol. The molecule has 0 aliphatic heterocycles. The molecule has 0 saturated carbocycles. The molecule has 0 aromatic carbocycles. The summed E-state index contributed by atoms with van der Waals surface area (Å²) in [5.74, 6) is 1.77. The van der Waals surface area contributed by atoms with Crippen molar-refractivity contribution in [2.45, 2.75) is 59.5 Å². The molecule has 0 aliphatic carbocycles. The Kier molecular flexibility index (Phi) is 6.78. The van der Waals surface area contributed by atoms with E-state index in [1.807, 2.05) is 0 Å². The van der Waals surface area contributed by atoms with Gasteiger partial charge < -0.3 is 10.1 Å². The van der Waals surface area contributed by atoms with E-state index in [2.05, 4.69) is 43.0 Å². The first-order valence-electron chi connectivity index (χ1n) is 7.31. The number of hydrogen-bond donors (Lipinski definition) is 1. The topological polar surface area (TPSA) is 47.0 Å². The van der Waals surface area contributed by atoms with E-state index in [-0.39, 0.29) is 6.10 Å². The molecule has 0 aliphatic rings. The molecule has 0 fully saturated rings. The van der Waals surface area contributed by atoms with Crippen molar-refractivity contribution in [3.8, 4) is 0 Å². The largest absolute Gasteiger partial charge is 0.373 e. The van der Waals surface area contributed by atoms with Crippen LogP contribution in [-0.4, -0.2) is 23.6 Å². The third kappa shape index (κ3) is 4.16. The number of hydrogen-bond acceptors (Lipinski definition) is 4. The van der Waals surface area contributed by atoms with Gasteiger partial charge in [0.1, 0.15) is 11.9 Å². The lowest BCUT2D eigenvalue weighted by Gasteiger charge is -2.17. The summed E-state index contributed by atoms with van der Waals surface area (Å²) in [6.07, 6.45) is 4.02. The van der Waals surface area contributed by atoms with Gasteiger partial charge in [-0.05, 0) is 26.2 Å². The molecule has 0 saturated heterocycles. The highest BCUT2D eigenvalue weighted by molar-refractivity contribution is 5.46. The van der Waals surface area contributed by atoms with Crippen molar-refractivity contribution in [3.63, 3.8) is 0 Å². The van der Waals surface area contributed by atoms with Gasteiger partial charge >= 0.3 is 0 Å². The summed E-state index contributed by atoms with van der Waals surface area (Å²) >= 11 is 0. The molecule has 4 nitrogen and oxygen atoms in total. The summed E-state index contributed by atoms with van der Waals surface area (Å²) in [6.45, 7) is 9.45. The number of aryl methyl sites for hydroxylation is 1. The maximum absolute atomic E-state index is 5.52. The van der Waals surface area contributed by atoms with Gasteiger partial charge in [0.25, 0.3) is 0 Å². The zero-order chi connectivity index (χ0) is 14.3. The molecule has 1 atom stereocenters. The number of methoxy groups -OCH3 is 1. The Balaban J connectivity index is 3.10. The lowest BCUT2D eigenvalue weighted by Crippen LogP contribution is -2.14. The van der Waals surface area contributed by atoms with Crippen molar-refractivity contribution in [2.75, 3.05) is 19.0 Å². The molecule has 108 valence electrons. The number of ether oxygens (including phenoxy) is 1. The van der Waals surface area contributed by atoms with Crippen LogP contribution in [0.15, 0.2) is 0 Å². The van der Waals surface area contributed by atoms with E-state index in [1.165, 1.54) is 0 Å². The number of rotatable bonds is 8. The summed E-state index contributed by atoms with van der Waals surface area (Å²) in [5.41, 5.74) is 2.27. The SMILES string of the molecule is CCCNc1nc(C(CCC)OC)nc(CC)c1C. The van der Waals surface area contributed by atoms with Gasteiger partial charge in [0, 0.05) is 24.9 Å². The highest BCUT2D eigenvalue weighted by Crippen LogP contribution is 2.23. The van der Waals surface area contributed by atoms with Crippen molar-refractivity contribution in [2.24, 2.45) is 0 Å². The second-order valence-corrected chi connectivity index (χ2v) is 4.80. The second kappa shape index (κ2) is 8.10. The lowest BCUT2D eigenvalue weighted by molar-refractivity contribution is 0.0875. The summed E-state index contributed by atoms with van der Waals surface area (Å²) in [5, 5.41) is 3.39. The molecule has 0 amide bonds. The van der Waals surface area contributed by atoms with E-state index in [0.29, 0.717) is 0 Å². The van der Waals surface area contributed by atoms with Crippen LogP contribution in [0.4, 0.5) is 5.82 Å². The van der Waals surface area contributed by atoms with Crippen LogP contribution in [-0.2, 0) is 11.2 Å². The van der Waals surface area contributed by atoms with Crippen molar-refractivity contribution in [1.82, 2.24) is 9.97 Å². The Morgan fingerprint density at radius 2 is 1.89 bits per heavy atom. The quantitative estimate of drug-likeness (QED) is 0.779. The maximum atomic E-state index is 5.52. The van der Waals surface area contributed by atoms with Crippen LogP contribution in [0, 0.1) is 6.92 Å². The average Bonchev–Trinajstić information content (AvgIpc) is 2.43. The van der Waals surface area contributed by atoms with Gasteiger partial charge in [-0.1, -0.05) is 27.2 Å². The maximum Gasteiger partial charge on any atom is 0.159 e. The Bertz CT molecular complexity index is 393. The van der Waals surface area contributed by atoms with Crippen LogP contribution >= 0.6 is 0 Å². The van der Waals surface area contributed by atoms with Crippen molar-refractivity contribution in [3.05, 3.63) is 17.1 Å². The van der Waals surface area contributed by atoms with Crippen LogP contribution in [0.2, 0.25) is 0 Å². The molecule has 4 heteroatoms. The molecule has 0 radical (unpaired) electrons. The van der Waals surface area contributed by atoms with Crippen LogP contribution < -0.4 is 5.32 Å². The van der Waals surface area contributed by atoms with Crippen molar-refractivity contribution >= 4 is 5.82 Å². The predicted molar refractivity (Wildman–Crippen MR) is 79.6 cm³/mol. The first-order valence-corrected chi connectivity index (χ1v) is 7.31. The van der Waals surface area contributed by atoms with E-state index in [9.17, 15) is 0 Å². The summed E-state index contributed by atoms with van der Waals surface area (Å²) in [4.78, 5) is 9.33. The molecule has 0 spiro atoms. The molecule has 19 heavy (non-hydrogen) atoms. The summed E-state index contributed by atoms with van der Waals surface area (Å²) < 4.78 is 5.52. The number of aromatic nitrogens is 2. The predicted octanol–water partition coefficient (Wildman–Crippen LogP) is 3.66. The minimum atomic E-state index is -0.00178. The van der Waals surface area contributed by atoms with Gasteiger partial charge in [0.2, 0.25) is 0 Å². The van der Waals surface area contributed by atoms with E-state index in [0.717, 1.165) is 55.1 Å². The second-order valence-electron chi connectivity index (χ2n) is 4.80. The molecule has 1 unspecified atom stereocenters. The van der Waals surface area contributed by atoms with E-state index in [1.54, 1.807) is 7.11 Å². The summed E-state index contributed by atoms with van der Waals surface area (Å²) in [6, 6.07) is 0. The van der Waals surface area contributed by atoms with E-state index < -0.39 is 0 Å². The number of nitrogens with one attached hydrogen (secondary N) is 1. The molecule has 1 heterocycles. The first kappa shape index (κ1) is 15.9.